The topological polar surface area (TPSA) is 92.7 Å². The molecule has 1 aromatic carbocycles. The van der Waals surface area contributed by atoms with E-state index in [0.717, 1.165) is 31.9 Å². The highest BCUT2D eigenvalue weighted by molar-refractivity contribution is 5.93. The van der Waals surface area contributed by atoms with Crippen molar-refractivity contribution in [1.29, 1.82) is 0 Å². The molecule has 0 unspecified atom stereocenters. The number of hydrogen-bond acceptors (Lipinski definition) is 5. The van der Waals surface area contributed by atoms with Crippen LogP contribution >= 0.6 is 0 Å². The number of unbranched alkanes of at least 4 members (excludes halogenated alkanes) is 3. The Morgan fingerprint density at radius 3 is 2.28 bits per heavy atom. The lowest BCUT2D eigenvalue weighted by Crippen LogP contribution is -2.11. The molecular formula is C19H25NO5. The van der Waals surface area contributed by atoms with Crippen LogP contribution in [0.25, 0.3) is 0 Å². The standard InChI is InChI=1S/C19H25NO5/c1-25-19(24)15-10-12-16(13-11-15)20-18(23)9-5-3-2-4-7-17(22)8-6-14-21/h6,10-14,21H,2-5,7-9H2,1H3,(H,20,23)/b14-6+. The van der Waals surface area contributed by atoms with Crippen LogP contribution in [0.2, 0.25) is 0 Å². The first-order chi connectivity index (χ1) is 12.1. The van der Waals surface area contributed by atoms with Crippen molar-refractivity contribution in [2.75, 3.05) is 12.4 Å². The van der Waals surface area contributed by atoms with Crippen LogP contribution in [0.5, 0.6) is 0 Å². The average molecular weight is 347 g/mol. The predicted molar refractivity (Wildman–Crippen MR) is 95.5 cm³/mol. The fourth-order valence-electron chi connectivity index (χ4n) is 2.28. The number of aliphatic hydroxyl groups excluding tert-OH is 1. The first-order valence-electron chi connectivity index (χ1n) is 8.36. The molecule has 6 heteroatoms. The molecule has 0 saturated carbocycles. The highest BCUT2D eigenvalue weighted by Gasteiger charge is 2.06. The summed E-state index contributed by atoms with van der Waals surface area (Å²) in [7, 11) is 1.32. The molecule has 1 amide bonds. The first-order valence-corrected chi connectivity index (χ1v) is 8.36. The molecule has 0 aliphatic carbocycles. The molecule has 0 saturated heterocycles. The summed E-state index contributed by atoms with van der Waals surface area (Å²) in [6, 6.07) is 6.53. The maximum atomic E-state index is 11.9. The summed E-state index contributed by atoms with van der Waals surface area (Å²) in [6.45, 7) is 0. The summed E-state index contributed by atoms with van der Waals surface area (Å²) in [4.78, 5) is 34.6. The number of esters is 1. The fraction of sp³-hybridized carbons (Fsp3) is 0.421. The van der Waals surface area contributed by atoms with Crippen LogP contribution in [0.4, 0.5) is 5.69 Å². The Balaban J connectivity index is 2.16. The van der Waals surface area contributed by atoms with Crippen LogP contribution in [0.15, 0.2) is 36.6 Å². The number of aliphatic hydroxyl groups is 1. The number of Topliss-reactive ketones (excluding diaryl/α,β-unsaturated/α-hetero) is 1. The Hall–Kier alpha value is -2.63. The van der Waals surface area contributed by atoms with E-state index in [1.165, 1.54) is 13.2 Å². The summed E-state index contributed by atoms with van der Waals surface area (Å²) >= 11 is 0. The Morgan fingerprint density at radius 2 is 1.68 bits per heavy atom. The largest absolute Gasteiger partial charge is 0.516 e. The molecule has 0 atom stereocenters. The zero-order valence-electron chi connectivity index (χ0n) is 14.5. The maximum Gasteiger partial charge on any atom is 0.337 e. The van der Waals surface area contributed by atoms with Crippen molar-refractivity contribution in [2.45, 2.75) is 44.9 Å². The SMILES string of the molecule is COC(=O)c1ccc(NC(=O)CCCCCCC(=O)C/C=C/O)cc1. The molecule has 1 aromatic rings. The normalized spacial score (nSPS) is 10.6. The van der Waals surface area contributed by atoms with Gasteiger partial charge in [-0.2, -0.15) is 0 Å². The lowest BCUT2D eigenvalue weighted by atomic mass is 10.1. The molecule has 25 heavy (non-hydrogen) atoms. The third kappa shape index (κ3) is 8.69. The molecule has 0 spiro atoms. The van der Waals surface area contributed by atoms with Crippen LogP contribution in [-0.4, -0.2) is 29.9 Å². The van der Waals surface area contributed by atoms with Gasteiger partial charge in [0.15, 0.2) is 0 Å². The van der Waals surface area contributed by atoms with E-state index in [0.29, 0.717) is 24.1 Å². The second-order valence-electron chi connectivity index (χ2n) is 5.66. The molecule has 2 N–H and O–H groups in total. The van der Waals surface area contributed by atoms with Gasteiger partial charge in [-0.3, -0.25) is 9.59 Å². The Bertz CT molecular complexity index is 592. The van der Waals surface area contributed by atoms with Crippen molar-refractivity contribution >= 4 is 23.3 Å². The summed E-state index contributed by atoms with van der Waals surface area (Å²) in [5.74, 6) is -0.378. The number of benzene rings is 1. The van der Waals surface area contributed by atoms with Gasteiger partial charge in [0.25, 0.3) is 0 Å². The van der Waals surface area contributed by atoms with Gasteiger partial charge >= 0.3 is 5.97 Å². The number of carbonyl (C=O) groups is 3. The third-order valence-corrected chi connectivity index (χ3v) is 3.65. The van der Waals surface area contributed by atoms with E-state index in [4.69, 9.17) is 5.11 Å². The minimum atomic E-state index is -0.413. The van der Waals surface area contributed by atoms with Gasteiger partial charge in [0.2, 0.25) is 5.91 Å². The molecule has 0 heterocycles. The number of anilines is 1. The number of allylic oxidation sites excluding steroid dienone is 1. The van der Waals surface area contributed by atoms with Gasteiger partial charge in [0.1, 0.15) is 5.78 Å². The minimum absolute atomic E-state index is 0.0741. The summed E-state index contributed by atoms with van der Waals surface area (Å²) in [5, 5.41) is 11.3. The van der Waals surface area contributed by atoms with E-state index < -0.39 is 5.97 Å². The smallest absolute Gasteiger partial charge is 0.337 e. The van der Waals surface area contributed by atoms with E-state index >= 15 is 0 Å². The van der Waals surface area contributed by atoms with Crippen molar-refractivity contribution in [1.82, 2.24) is 0 Å². The zero-order chi connectivity index (χ0) is 18.5. The summed E-state index contributed by atoms with van der Waals surface area (Å²) in [5.41, 5.74) is 1.07. The Morgan fingerprint density at radius 1 is 1.04 bits per heavy atom. The van der Waals surface area contributed by atoms with Crippen molar-refractivity contribution in [3.8, 4) is 0 Å². The van der Waals surface area contributed by atoms with E-state index in [2.05, 4.69) is 10.1 Å². The van der Waals surface area contributed by atoms with Crippen molar-refractivity contribution < 1.29 is 24.2 Å². The Labute approximate surface area is 147 Å². The van der Waals surface area contributed by atoms with Gasteiger partial charge in [0, 0.05) is 24.9 Å². The van der Waals surface area contributed by atoms with Crippen molar-refractivity contribution in [2.24, 2.45) is 0 Å². The third-order valence-electron chi connectivity index (χ3n) is 3.65. The number of hydrogen-bond donors (Lipinski definition) is 2. The second-order valence-corrected chi connectivity index (χ2v) is 5.66. The molecular weight excluding hydrogens is 322 g/mol. The number of amides is 1. The molecule has 0 aliphatic heterocycles. The van der Waals surface area contributed by atoms with E-state index in [1.54, 1.807) is 24.3 Å². The van der Waals surface area contributed by atoms with E-state index in [-0.39, 0.29) is 18.1 Å². The van der Waals surface area contributed by atoms with Crippen LogP contribution in [-0.2, 0) is 14.3 Å². The number of methoxy groups -OCH3 is 1. The van der Waals surface area contributed by atoms with Gasteiger partial charge in [-0.1, -0.05) is 12.8 Å². The van der Waals surface area contributed by atoms with Crippen LogP contribution in [0, 0.1) is 0 Å². The first kappa shape index (κ1) is 20.4. The number of carbonyl (C=O) groups excluding carboxylic acids is 3. The van der Waals surface area contributed by atoms with Gasteiger partial charge < -0.3 is 15.2 Å². The van der Waals surface area contributed by atoms with E-state index in [9.17, 15) is 14.4 Å². The second kappa shape index (κ2) is 11.8. The van der Waals surface area contributed by atoms with Crippen molar-refractivity contribution in [3.05, 3.63) is 42.2 Å². The minimum Gasteiger partial charge on any atom is -0.516 e. The fourth-order valence-corrected chi connectivity index (χ4v) is 2.28. The lowest BCUT2D eigenvalue weighted by molar-refractivity contribution is -0.118. The van der Waals surface area contributed by atoms with Crippen LogP contribution in [0.1, 0.15) is 55.3 Å². The number of ether oxygens (including phenoxy) is 1. The zero-order valence-corrected chi connectivity index (χ0v) is 14.5. The molecule has 0 aromatic heterocycles. The van der Waals surface area contributed by atoms with Crippen molar-refractivity contribution in [3.63, 3.8) is 0 Å². The number of nitrogens with one attached hydrogen (secondary N) is 1. The number of rotatable bonds is 11. The maximum absolute atomic E-state index is 11.9. The van der Waals surface area contributed by atoms with E-state index in [1.807, 2.05) is 0 Å². The monoisotopic (exact) mass is 347 g/mol. The van der Waals surface area contributed by atoms with Gasteiger partial charge in [-0.05, 0) is 43.2 Å². The molecule has 0 bridgehead atoms. The quantitative estimate of drug-likeness (QED) is 0.361. The van der Waals surface area contributed by atoms with Crippen LogP contribution < -0.4 is 5.32 Å². The molecule has 136 valence electrons. The van der Waals surface area contributed by atoms with Gasteiger partial charge in [-0.15, -0.1) is 0 Å². The van der Waals surface area contributed by atoms with Gasteiger partial charge in [-0.25, -0.2) is 4.79 Å². The highest BCUT2D eigenvalue weighted by atomic mass is 16.5. The van der Waals surface area contributed by atoms with Gasteiger partial charge in [0.05, 0.1) is 18.9 Å². The molecule has 6 nitrogen and oxygen atoms in total. The Kier molecular flexibility index (Phi) is 9.67. The summed E-state index contributed by atoms with van der Waals surface area (Å²) in [6.07, 6.45) is 6.86. The summed E-state index contributed by atoms with van der Waals surface area (Å²) < 4.78 is 4.61. The predicted octanol–water partition coefficient (Wildman–Crippen LogP) is 3.78. The molecule has 1 rings (SSSR count). The van der Waals surface area contributed by atoms with Crippen LogP contribution in [0.3, 0.4) is 0 Å². The molecule has 0 aliphatic rings. The highest BCUT2D eigenvalue weighted by Crippen LogP contribution is 2.12. The lowest BCUT2D eigenvalue weighted by Gasteiger charge is -2.06. The molecule has 0 radical (unpaired) electrons. The average Bonchev–Trinajstić information content (AvgIpc) is 2.62. The molecule has 0 fully saturated rings. The number of ketones is 1.